The molecule has 26 heavy (non-hydrogen) atoms. The maximum atomic E-state index is 11.4. The van der Waals surface area contributed by atoms with Crippen molar-refractivity contribution in [3.63, 3.8) is 0 Å². The Morgan fingerprint density at radius 2 is 1.73 bits per heavy atom. The molecule has 0 aliphatic rings. The molecule has 5 nitrogen and oxygen atoms in total. The second kappa shape index (κ2) is 8.39. The number of fused-ring (bicyclic) bond motifs is 1. The lowest BCUT2D eigenvalue weighted by Crippen LogP contribution is -2.33. The maximum absolute atomic E-state index is 11.4. The number of aromatic nitrogens is 1. The molecule has 2 aromatic carbocycles. The number of hydrogen-bond donors (Lipinski definition) is 0. The van der Waals surface area contributed by atoms with Crippen LogP contribution in [0.3, 0.4) is 0 Å². The van der Waals surface area contributed by atoms with Gasteiger partial charge in [-0.1, -0.05) is 29.0 Å². The summed E-state index contributed by atoms with van der Waals surface area (Å²) in [6, 6.07) is 11.8. The third kappa shape index (κ3) is 4.97. The molecule has 0 saturated heterocycles. The van der Waals surface area contributed by atoms with E-state index in [2.05, 4.69) is 24.5 Å². The van der Waals surface area contributed by atoms with Crippen molar-refractivity contribution in [3.05, 3.63) is 53.0 Å². The monoisotopic (exact) mass is 411 g/mol. The van der Waals surface area contributed by atoms with Gasteiger partial charge in [0.15, 0.2) is 0 Å². The quantitative estimate of drug-likeness (QED) is 0.490. The van der Waals surface area contributed by atoms with E-state index in [9.17, 15) is 17.2 Å². The number of nitrogens with zero attached hydrogens (tertiary/aromatic N) is 1. The van der Waals surface area contributed by atoms with Crippen LogP contribution in [-0.4, -0.2) is 23.4 Å². The smallest absolute Gasteiger partial charge is 0.235 e. The van der Waals surface area contributed by atoms with E-state index < -0.39 is 20.9 Å². The summed E-state index contributed by atoms with van der Waals surface area (Å²) < 4.78 is 46.1. The minimum Gasteiger partial charge on any atom is -0.744 e. The van der Waals surface area contributed by atoms with Crippen molar-refractivity contribution >= 4 is 42.5 Å². The van der Waals surface area contributed by atoms with E-state index in [-0.39, 0.29) is 4.90 Å². The van der Waals surface area contributed by atoms with Crippen LogP contribution < -0.4 is 4.57 Å². The summed E-state index contributed by atoms with van der Waals surface area (Å²) in [5.74, 6) is 0. The van der Waals surface area contributed by atoms with Crippen LogP contribution >= 0.6 is 11.3 Å². The molecular formula is C18H21NO4S3. The predicted octanol–water partition coefficient (Wildman–Crippen LogP) is 3.15. The Morgan fingerprint density at radius 1 is 1.12 bits per heavy atom. The average Bonchev–Trinajstić information content (AvgIpc) is 2.89. The van der Waals surface area contributed by atoms with Crippen molar-refractivity contribution in [2.75, 3.05) is 6.26 Å². The van der Waals surface area contributed by atoms with Crippen molar-refractivity contribution in [1.29, 1.82) is 0 Å². The zero-order valence-corrected chi connectivity index (χ0v) is 17.5. The van der Waals surface area contributed by atoms with Crippen LogP contribution in [0.15, 0.2) is 52.3 Å². The van der Waals surface area contributed by atoms with E-state index in [1.54, 1.807) is 29.7 Å². The van der Waals surface area contributed by atoms with Crippen molar-refractivity contribution in [3.8, 4) is 0 Å². The number of benzene rings is 2. The Kier molecular flexibility index (Phi) is 6.68. The Morgan fingerprint density at radius 3 is 2.23 bits per heavy atom. The molecule has 8 heteroatoms. The van der Waals surface area contributed by atoms with Crippen LogP contribution in [0, 0.1) is 13.8 Å². The average molecular weight is 412 g/mol. The van der Waals surface area contributed by atoms with Gasteiger partial charge in [-0.25, -0.2) is 8.42 Å². The molecule has 3 aromatic rings. The van der Waals surface area contributed by atoms with Crippen LogP contribution in [0.4, 0.5) is 0 Å². The number of rotatable bonds is 3. The largest absolute Gasteiger partial charge is 0.744 e. The highest BCUT2D eigenvalue weighted by Gasteiger charge is 2.16. The summed E-state index contributed by atoms with van der Waals surface area (Å²) >= 11 is 1.79. The number of aryl methyl sites for hydroxylation is 3. The molecule has 1 atom stereocenters. The molecule has 0 N–H and O–H groups in total. The molecule has 0 amide bonds. The van der Waals surface area contributed by atoms with Crippen molar-refractivity contribution in [2.24, 2.45) is 0 Å². The third-order valence-corrected chi connectivity index (χ3v) is 6.67. The van der Waals surface area contributed by atoms with Gasteiger partial charge in [-0.15, -0.1) is 0 Å². The van der Waals surface area contributed by atoms with Gasteiger partial charge in [-0.2, -0.15) is 4.57 Å². The van der Waals surface area contributed by atoms with E-state index in [4.69, 9.17) is 0 Å². The molecule has 0 radical (unpaired) electrons. The summed E-state index contributed by atoms with van der Waals surface area (Å²) in [5, 5.41) is 1.30. The summed E-state index contributed by atoms with van der Waals surface area (Å²) in [6.07, 6.45) is 1.72. The predicted molar refractivity (Wildman–Crippen MR) is 104 cm³/mol. The van der Waals surface area contributed by atoms with Crippen molar-refractivity contribution in [2.45, 2.75) is 37.1 Å². The van der Waals surface area contributed by atoms with Gasteiger partial charge in [-0.3, -0.25) is 4.21 Å². The molecule has 1 heterocycles. The van der Waals surface area contributed by atoms with E-state index in [0.717, 1.165) is 17.0 Å². The highest BCUT2D eigenvalue weighted by molar-refractivity contribution is 7.85. The van der Waals surface area contributed by atoms with Crippen LogP contribution in [0.25, 0.3) is 10.2 Å². The van der Waals surface area contributed by atoms with Gasteiger partial charge in [0.05, 0.1) is 15.7 Å². The van der Waals surface area contributed by atoms with E-state index in [0.29, 0.717) is 0 Å². The van der Waals surface area contributed by atoms with E-state index in [1.165, 1.54) is 27.4 Å². The first-order valence-corrected chi connectivity index (χ1v) is 11.7. The van der Waals surface area contributed by atoms with Crippen LogP contribution in [0.5, 0.6) is 0 Å². The standard InChI is InChI=1S/C11H14NOS2.C7H8O3S/c1-4-12-8(2)14-11-6-5-9(15(3)13)7-10(11)12;1-6-2-4-7(5-3-6)11(8,9)10/h5-7H,4H2,1-3H3;2-5H,1H3,(H,8,9,10)/q+1;/p-1. The van der Waals surface area contributed by atoms with E-state index >= 15 is 0 Å². The van der Waals surface area contributed by atoms with Gasteiger partial charge >= 0.3 is 0 Å². The second-order valence-corrected chi connectivity index (χ2v) is 9.71. The molecule has 0 saturated carbocycles. The molecular weight excluding hydrogens is 390 g/mol. The van der Waals surface area contributed by atoms with Crippen LogP contribution in [0.2, 0.25) is 0 Å². The van der Waals surface area contributed by atoms with Crippen molar-refractivity contribution in [1.82, 2.24) is 0 Å². The van der Waals surface area contributed by atoms with Gasteiger partial charge in [0, 0.05) is 24.1 Å². The topological polar surface area (TPSA) is 78.1 Å². The summed E-state index contributed by atoms with van der Waals surface area (Å²) in [6.45, 7) is 7.04. The Labute approximate surface area is 160 Å². The van der Waals surface area contributed by atoms with Crippen molar-refractivity contribution < 1.29 is 21.7 Å². The van der Waals surface area contributed by atoms with E-state index in [1.807, 2.05) is 19.1 Å². The number of hydrogen-bond acceptors (Lipinski definition) is 5. The first kappa shape index (κ1) is 20.7. The molecule has 0 fully saturated rings. The molecule has 3 rings (SSSR count). The summed E-state index contributed by atoms with van der Waals surface area (Å²) in [7, 11) is -5.16. The fraction of sp³-hybridized carbons (Fsp3) is 0.278. The summed E-state index contributed by atoms with van der Waals surface area (Å²) in [5.41, 5.74) is 2.13. The van der Waals surface area contributed by atoms with Crippen LogP contribution in [-0.2, 0) is 27.5 Å². The lowest BCUT2D eigenvalue weighted by Gasteiger charge is -2.05. The molecule has 140 valence electrons. The van der Waals surface area contributed by atoms with Gasteiger partial charge in [0.1, 0.15) is 21.4 Å². The highest BCUT2D eigenvalue weighted by Crippen LogP contribution is 2.22. The highest BCUT2D eigenvalue weighted by atomic mass is 32.2. The van der Waals surface area contributed by atoms with Gasteiger partial charge in [-0.05, 0) is 38.1 Å². The van der Waals surface area contributed by atoms with Crippen LogP contribution in [0.1, 0.15) is 17.5 Å². The normalized spacial score (nSPS) is 12.5. The fourth-order valence-electron chi connectivity index (χ4n) is 2.46. The molecule has 0 spiro atoms. The molecule has 0 bridgehead atoms. The maximum Gasteiger partial charge on any atom is 0.235 e. The first-order chi connectivity index (χ1) is 12.1. The summed E-state index contributed by atoms with van der Waals surface area (Å²) in [4.78, 5) is 0.727. The fourth-order valence-corrected chi connectivity index (χ4v) is 4.53. The lowest BCUT2D eigenvalue weighted by atomic mass is 10.2. The van der Waals surface area contributed by atoms with Gasteiger partial charge in [0.25, 0.3) is 0 Å². The van der Waals surface area contributed by atoms with Gasteiger partial charge < -0.3 is 4.55 Å². The molecule has 1 aromatic heterocycles. The molecule has 0 aliphatic carbocycles. The Hall–Kier alpha value is -1.61. The third-order valence-electron chi connectivity index (χ3n) is 3.82. The molecule has 0 aliphatic heterocycles. The second-order valence-electron chi connectivity index (χ2n) is 5.72. The zero-order valence-electron chi connectivity index (χ0n) is 15.1. The zero-order chi connectivity index (χ0) is 19.5. The lowest BCUT2D eigenvalue weighted by molar-refractivity contribution is -0.669. The molecule has 1 unspecified atom stereocenters. The Balaban J connectivity index is 0.000000197. The SMILES string of the molecule is CC[n+]1c(C)sc2ccc(S(C)=O)cc21.Cc1ccc(S(=O)(=O)[O-])cc1. The minimum absolute atomic E-state index is 0.178. The minimum atomic E-state index is -4.27. The first-order valence-electron chi connectivity index (χ1n) is 7.92. The number of thiazole rings is 1. The Bertz CT molecular complexity index is 1040. The van der Waals surface area contributed by atoms with Gasteiger partial charge in [0.2, 0.25) is 10.5 Å².